The molecule has 0 amide bonds. The molecule has 0 aliphatic rings. The van der Waals surface area contributed by atoms with Crippen molar-refractivity contribution in [2.45, 2.75) is 11.1 Å². The van der Waals surface area contributed by atoms with Gasteiger partial charge in [-0.15, -0.1) is 5.10 Å². The molecule has 6 heteroatoms. The maximum absolute atomic E-state index is 13.6. The molecule has 114 valence electrons. The van der Waals surface area contributed by atoms with E-state index in [-0.39, 0.29) is 5.82 Å². The highest BCUT2D eigenvalue weighted by Crippen LogP contribution is 2.13. The lowest BCUT2D eigenvalue weighted by molar-refractivity contribution is 0.617. The molecule has 0 unspecified atom stereocenters. The van der Waals surface area contributed by atoms with Gasteiger partial charge in [0.25, 0.3) is 0 Å². The van der Waals surface area contributed by atoms with Gasteiger partial charge in [0, 0.05) is 11.1 Å². The van der Waals surface area contributed by atoms with Crippen LogP contribution < -0.4 is 5.73 Å². The lowest BCUT2D eigenvalue weighted by Crippen LogP contribution is -2.06. The first kappa shape index (κ1) is 16.7. The van der Waals surface area contributed by atoms with Crippen LogP contribution in [-0.4, -0.2) is 11.4 Å². The van der Waals surface area contributed by atoms with E-state index in [9.17, 15) is 4.39 Å². The van der Waals surface area contributed by atoms with Crippen molar-refractivity contribution in [2.75, 3.05) is 0 Å². The summed E-state index contributed by atoms with van der Waals surface area (Å²) in [5, 5.41) is 8.65. The second kappa shape index (κ2) is 8.70. The first-order chi connectivity index (χ1) is 10.7. The Morgan fingerprint density at radius 2 is 2.00 bits per heavy atom. The van der Waals surface area contributed by atoms with Gasteiger partial charge in [-0.3, -0.25) is 0 Å². The van der Waals surface area contributed by atoms with E-state index in [0.717, 1.165) is 5.75 Å². The molecular formula is C16H15BrFN3S. The minimum atomic E-state index is -0.267. The summed E-state index contributed by atoms with van der Waals surface area (Å²) in [4.78, 5) is 0. The molecular weight excluding hydrogens is 365 g/mol. The van der Waals surface area contributed by atoms with E-state index in [1.807, 2.05) is 30.3 Å². The van der Waals surface area contributed by atoms with Gasteiger partial charge in [0.2, 0.25) is 0 Å². The first-order valence-electron chi connectivity index (χ1n) is 6.56. The SMILES string of the molecule is NC(=NN=Cc1ccc(CBr)c(F)c1)SCc1ccccc1. The summed E-state index contributed by atoms with van der Waals surface area (Å²) in [7, 11) is 0. The van der Waals surface area contributed by atoms with Crippen molar-refractivity contribution >= 4 is 39.1 Å². The van der Waals surface area contributed by atoms with E-state index in [1.165, 1.54) is 29.6 Å². The average molecular weight is 380 g/mol. The third-order valence-corrected chi connectivity index (χ3v) is 4.27. The maximum atomic E-state index is 13.6. The number of hydrogen-bond acceptors (Lipinski definition) is 3. The molecule has 0 spiro atoms. The second-order valence-electron chi connectivity index (χ2n) is 4.44. The molecule has 0 saturated heterocycles. The summed E-state index contributed by atoms with van der Waals surface area (Å²) in [6.07, 6.45) is 1.48. The molecule has 0 bridgehead atoms. The summed E-state index contributed by atoms with van der Waals surface area (Å²) in [5.74, 6) is 0.469. The van der Waals surface area contributed by atoms with Gasteiger partial charge >= 0.3 is 0 Å². The van der Waals surface area contributed by atoms with Gasteiger partial charge in [0.05, 0.1) is 6.21 Å². The van der Waals surface area contributed by atoms with Crippen molar-refractivity contribution in [2.24, 2.45) is 15.9 Å². The number of amidine groups is 1. The average Bonchev–Trinajstić information content (AvgIpc) is 2.54. The first-order valence-corrected chi connectivity index (χ1v) is 8.67. The highest BCUT2D eigenvalue weighted by Gasteiger charge is 2.00. The summed E-state index contributed by atoms with van der Waals surface area (Å²) in [5.41, 5.74) is 8.20. The van der Waals surface area contributed by atoms with E-state index in [2.05, 4.69) is 26.1 Å². The van der Waals surface area contributed by atoms with Crippen molar-refractivity contribution in [3.63, 3.8) is 0 Å². The number of benzene rings is 2. The number of halogens is 2. The van der Waals surface area contributed by atoms with Crippen molar-refractivity contribution in [3.05, 3.63) is 71.0 Å². The topological polar surface area (TPSA) is 50.7 Å². The van der Waals surface area contributed by atoms with Crippen LogP contribution in [0.3, 0.4) is 0 Å². The Balaban J connectivity index is 1.91. The largest absolute Gasteiger partial charge is 0.377 e. The molecule has 0 aliphatic heterocycles. The standard InChI is InChI=1S/C16H15BrFN3S/c17-9-14-7-6-13(8-15(14)18)10-20-21-16(19)22-11-12-4-2-1-3-5-12/h1-8,10H,9,11H2,(H2,19,21). The summed E-state index contributed by atoms with van der Waals surface area (Å²) < 4.78 is 13.6. The van der Waals surface area contributed by atoms with Crippen molar-refractivity contribution < 1.29 is 4.39 Å². The smallest absolute Gasteiger partial charge is 0.180 e. The molecule has 0 aromatic heterocycles. The number of hydrogen-bond donors (Lipinski definition) is 1. The van der Waals surface area contributed by atoms with Gasteiger partial charge in [0.1, 0.15) is 5.82 Å². The van der Waals surface area contributed by atoms with Gasteiger partial charge < -0.3 is 5.73 Å². The molecule has 0 aliphatic carbocycles. The normalized spacial score (nSPS) is 12.0. The fraction of sp³-hybridized carbons (Fsp3) is 0.125. The molecule has 0 heterocycles. The van der Waals surface area contributed by atoms with E-state index in [0.29, 0.717) is 21.6 Å². The Morgan fingerprint density at radius 1 is 1.23 bits per heavy atom. The monoisotopic (exact) mass is 379 g/mol. The molecule has 22 heavy (non-hydrogen) atoms. The number of rotatable bonds is 5. The fourth-order valence-electron chi connectivity index (χ4n) is 1.67. The Morgan fingerprint density at radius 3 is 2.68 bits per heavy atom. The van der Waals surface area contributed by atoms with Crippen molar-refractivity contribution in [1.29, 1.82) is 0 Å². The molecule has 0 radical (unpaired) electrons. The quantitative estimate of drug-likeness (QED) is 0.364. The molecule has 0 saturated carbocycles. The van der Waals surface area contributed by atoms with Crippen LogP contribution in [0.25, 0.3) is 0 Å². The van der Waals surface area contributed by atoms with Crippen LogP contribution in [0.15, 0.2) is 58.7 Å². The van der Waals surface area contributed by atoms with Gasteiger partial charge in [0.15, 0.2) is 5.17 Å². The lowest BCUT2D eigenvalue weighted by Gasteiger charge is -2.00. The summed E-state index contributed by atoms with van der Waals surface area (Å²) in [6, 6.07) is 14.9. The van der Waals surface area contributed by atoms with Gasteiger partial charge in [-0.2, -0.15) is 5.10 Å². The zero-order valence-corrected chi connectivity index (χ0v) is 14.1. The van der Waals surface area contributed by atoms with Crippen molar-refractivity contribution in [3.8, 4) is 0 Å². The zero-order valence-electron chi connectivity index (χ0n) is 11.7. The molecule has 2 N–H and O–H groups in total. The number of nitrogens with zero attached hydrogens (tertiary/aromatic N) is 2. The van der Waals surface area contributed by atoms with Gasteiger partial charge in [-0.25, -0.2) is 4.39 Å². The molecule has 2 aromatic rings. The third-order valence-electron chi connectivity index (χ3n) is 2.81. The molecule has 2 aromatic carbocycles. The fourth-order valence-corrected chi connectivity index (χ4v) is 2.73. The Hall–Kier alpha value is -1.66. The van der Waals surface area contributed by atoms with E-state index in [1.54, 1.807) is 12.1 Å². The van der Waals surface area contributed by atoms with Crippen LogP contribution in [-0.2, 0) is 11.1 Å². The van der Waals surface area contributed by atoms with Crippen molar-refractivity contribution in [1.82, 2.24) is 0 Å². The molecule has 3 nitrogen and oxygen atoms in total. The van der Waals surface area contributed by atoms with Crippen LogP contribution in [0.1, 0.15) is 16.7 Å². The lowest BCUT2D eigenvalue weighted by atomic mass is 10.1. The Bertz CT molecular complexity index is 674. The highest BCUT2D eigenvalue weighted by molar-refractivity contribution is 9.08. The minimum Gasteiger partial charge on any atom is -0.377 e. The van der Waals surface area contributed by atoms with Gasteiger partial charge in [-0.05, 0) is 22.8 Å². The highest BCUT2D eigenvalue weighted by atomic mass is 79.9. The zero-order chi connectivity index (χ0) is 15.8. The molecule has 0 atom stereocenters. The van der Waals surface area contributed by atoms with E-state index >= 15 is 0 Å². The van der Waals surface area contributed by atoms with Crippen LogP contribution in [0.2, 0.25) is 0 Å². The van der Waals surface area contributed by atoms with Crippen LogP contribution in [0.4, 0.5) is 4.39 Å². The van der Waals surface area contributed by atoms with Crippen LogP contribution in [0, 0.1) is 5.82 Å². The molecule has 2 rings (SSSR count). The number of nitrogens with two attached hydrogens (primary N) is 1. The Labute approximate surface area is 141 Å². The Kier molecular flexibility index (Phi) is 6.61. The predicted octanol–water partition coefficient (Wildman–Crippen LogP) is 4.30. The van der Waals surface area contributed by atoms with Gasteiger partial charge in [-0.1, -0.05) is 70.2 Å². The summed E-state index contributed by atoms with van der Waals surface area (Å²) in [6.45, 7) is 0. The van der Waals surface area contributed by atoms with Crippen LogP contribution in [0.5, 0.6) is 0 Å². The number of alkyl halides is 1. The minimum absolute atomic E-state index is 0.267. The number of thioether (sulfide) groups is 1. The van der Waals surface area contributed by atoms with Crippen LogP contribution >= 0.6 is 27.7 Å². The second-order valence-corrected chi connectivity index (χ2v) is 6.00. The maximum Gasteiger partial charge on any atom is 0.180 e. The molecule has 0 fully saturated rings. The summed E-state index contributed by atoms with van der Waals surface area (Å²) >= 11 is 4.63. The predicted molar refractivity (Wildman–Crippen MR) is 96.0 cm³/mol. The third kappa shape index (κ3) is 5.27. The van der Waals surface area contributed by atoms with E-state index in [4.69, 9.17) is 5.73 Å². The van der Waals surface area contributed by atoms with E-state index < -0.39 is 0 Å².